The number of sulfonamides is 1. The fourth-order valence-corrected chi connectivity index (χ4v) is 4.93. The first-order chi connectivity index (χ1) is 12.3. The molecule has 2 aromatic rings. The molecule has 1 aliphatic rings. The summed E-state index contributed by atoms with van der Waals surface area (Å²) in [5.41, 5.74) is 0.306. The Morgan fingerprint density at radius 1 is 1.15 bits per heavy atom. The molecule has 3 rings (SSSR count). The molecular weight excluding hydrogens is 356 g/mol. The van der Waals surface area contributed by atoms with Crippen LogP contribution < -0.4 is 5.32 Å². The average molecular weight is 378 g/mol. The van der Waals surface area contributed by atoms with Gasteiger partial charge in [-0.2, -0.15) is 4.31 Å². The number of carbonyl (C=O) groups is 1. The number of rotatable bonds is 4. The van der Waals surface area contributed by atoms with Crippen LogP contribution in [0.5, 0.6) is 0 Å². The zero-order chi connectivity index (χ0) is 18.9. The first-order valence-corrected chi connectivity index (χ1v) is 9.91. The monoisotopic (exact) mass is 378 g/mol. The Hall–Kier alpha value is -2.26. The lowest BCUT2D eigenvalue weighted by Crippen LogP contribution is -2.42. The molecule has 0 radical (unpaired) electrons. The van der Waals surface area contributed by atoms with Gasteiger partial charge < -0.3 is 4.42 Å². The predicted molar refractivity (Wildman–Crippen MR) is 95.1 cm³/mol. The van der Waals surface area contributed by atoms with E-state index in [1.807, 2.05) is 0 Å². The van der Waals surface area contributed by atoms with Gasteiger partial charge in [-0.3, -0.25) is 10.1 Å². The average Bonchev–Trinajstić information content (AvgIpc) is 2.99. The van der Waals surface area contributed by atoms with Crippen molar-refractivity contribution in [1.82, 2.24) is 14.5 Å². The van der Waals surface area contributed by atoms with Crippen LogP contribution in [0.1, 0.15) is 36.5 Å². The van der Waals surface area contributed by atoms with Gasteiger partial charge in [0, 0.05) is 25.6 Å². The van der Waals surface area contributed by atoms with Crippen LogP contribution in [-0.2, 0) is 10.0 Å². The highest BCUT2D eigenvalue weighted by atomic mass is 32.2. The largest absolute Gasteiger partial charge is 0.408 e. The Labute approximate surface area is 152 Å². The fourth-order valence-electron chi connectivity index (χ4n) is 3.25. The molecule has 9 heteroatoms. The van der Waals surface area contributed by atoms with E-state index in [9.17, 15) is 13.2 Å². The maximum atomic E-state index is 12.8. The Morgan fingerprint density at radius 2 is 1.77 bits per heavy atom. The van der Waals surface area contributed by atoms with Crippen molar-refractivity contribution in [1.29, 1.82) is 0 Å². The molecule has 0 unspecified atom stereocenters. The lowest BCUT2D eigenvalue weighted by Gasteiger charge is -2.34. The van der Waals surface area contributed by atoms with Crippen molar-refractivity contribution in [2.24, 2.45) is 11.8 Å². The molecule has 0 aliphatic carbocycles. The first-order valence-electron chi connectivity index (χ1n) is 8.47. The SMILES string of the molecule is Cc1nnc(NC(=O)c2ccc(S(=O)(=O)N3C[C@H](C)C[C@@H](C)C3)cc2)o1. The second-order valence-electron chi connectivity index (χ2n) is 6.87. The number of aromatic nitrogens is 2. The molecule has 26 heavy (non-hydrogen) atoms. The third kappa shape index (κ3) is 3.94. The molecule has 1 aliphatic heterocycles. The van der Waals surface area contributed by atoms with Crippen molar-refractivity contribution in [3.05, 3.63) is 35.7 Å². The summed E-state index contributed by atoms with van der Waals surface area (Å²) in [6.45, 7) is 6.77. The van der Waals surface area contributed by atoms with Gasteiger partial charge in [0.25, 0.3) is 5.91 Å². The number of amides is 1. The summed E-state index contributed by atoms with van der Waals surface area (Å²) in [7, 11) is -3.57. The van der Waals surface area contributed by atoms with Gasteiger partial charge in [0.2, 0.25) is 15.9 Å². The summed E-state index contributed by atoms with van der Waals surface area (Å²) in [6.07, 6.45) is 1.03. The number of benzene rings is 1. The van der Waals surface area contributed by atoms with Crippen LogP contribution in [-0.4, -0.2) is 41.9 Å². The Kier molecular flexibility index (Phi) is 5.10. The van der Waals surface area contributed by atoms with E-state index in [1.54, 1.807) is 6.92 Å². The quantitative estimate of drug-likeness (QED) is 0.875. The number of hydrogen-bond acceptors (Lipinski definition) is 6. The van der Waals surface area contributed by atoms with E-state index in [4.69, 9.17) is 4.42 Å². The lowest BCUT2D eigenvalue weighted by molar-refractivity contribution is 0.102. The van der Waals surface area contributed by atoms with Crippen LogP contribution in [0.2, 0.25) is 0 Å². The van der Waals surface area contributed by atoms with E-state index in [-0.39, 0.29) is 10.9 Å². The van der Waals surface area contributed by atoms with Crippen molar-refractivity contribution in [3.8, 4) is 0 Å². The third-order valence-electron chi connectivity index (χ3n) is 4.34. The van der Waals surface area contributed by atoms with Gasteiger partial charge in [0.05, 0.1) is 4.90 Å². The molecule has 1 amide bonds. The van der Waals surface area contributed by atoms with E-state index in [0.717, 1.165) is 6.42 Å². The minimum atomic E-state index is -3.57. The number of carbonyl (C=O) groups excluding carboxylic acids is 1. The molecule has 140 valence electrons. The van der Waals surface area contributed by atoms with E-state index in [0.29, 0.717) is 36.4 Å². The molecule has 1 fully saturated rings. The molecular formula is C17H22N4O4S. The molecule has 1 saturated heterocycles. The minimum Gasteiger partial charge on any atom is -0.408 e. The number of hydrogen-bond donors (Lipinski definition) is 1. The van der Waals surface area contributed by atoms with Crippen LogP contribution in [0.15, 0.2) is 33.6 Å². The molecule has 1 aromatic carbocycles. The Balaban J connectivity index is 1.75. The summed E-state index contributed by atoms with van der Waals surface area (Å²) in [5, 5.41) is 9.79. The number of aryl methyl sites for hydroxylation is 1. The van der Waals surface area contributed by atoms with Gasteiger partial charge in [0.1, 0.15) is 0 Å². The van der Waals surface area contributed by atoms with Crippen molar-refractivity contribution in [2.75, 3.05) is 18.4 Å². The topological polar surface area (TPSA) is 105 Å². The summed E-state index contributed by atoms with van der Waals surface area (Å²) in [4.78, 5) is 12.4. The number of nitrogens with one attached hydrogen (secondary N) is 1. The van der Waals surface area contributed by atoms with Crippen molar-refractivity contribution >= 4 is 21.9 Å². The second kappa shape index (κ2) is 7.16. The van der Waals surface area contributed by atoms with Crippen LogP contribution in [0.4, 0.5) is 6.01 Å². The van der Waals surface area contributed by atoms with Crippen molar-refractivity contribution in [3.63, 3.8) is 0 Å². The normalized spacial score (nSPS) is 21.5. The molecule has 8 nitrogen and oxygen atoms in total. The molecule has 0 saturated carbocycles. The Morgan fingerprint density at radius 3 is 2.31 bits per heavy atom. The minimum absolute atomic E-state index is 0.000454. The second-order valence-corrected chi connectivity index (χ2v) is 8.81. The van der Waals surface area contributed by atoms with Gasteiger partial charge in [-0.05, 0) is 42.5 Å². The molecule has 0 spiro atoms. The van der Waals surface area contributed by atoms with Gasteiger partial charge in [-0.1, -0.05) is 18.9 Å². The van der Waals surface area contributed by atoms with Crippen molar-refractivity contribution < 1.29 is 17.6 Å². The zero-order valence-corrected chi connectivity index (χ0v) is 15.8. The molecule has 1 N–H and O–H groups in total. The fraction of sp³-hybridized carbons (Fsp3) is 0.471. The van der Waals surface area contributed by atoms with Crippen LogP contribution in [0.25, 0.3) is 0 Å². The van der Waals surface area contributed by atoms with Crippen LogP contribution in [0, 0.1) is 18.8 Å². The lowest BCUT2D eigenvalue weighted by atomic mass is 9.94. The molecule has 1 aromatic heterocycles. The first kappa shape index (κ1) is 18.5. The van der Waals surface area contributed by atoms with E-state index in [2.05, 4.69) is 29.4 Å². The molecule has 2 atom stereocenters. The third-order valence-corrected chi connectivity index (χ3v) is 6.18. The maximum absolute atomic E-state index is 12.8. The summed E-state index contributed by atoms with van der Waals surface area (Å²) in [6, 6.07) is 5.85. The number of nitrogens with zero attached hydrogens (tertiary/aromatic N) is 3. The highest BCUT2D eigenvalue weighted by Crippen LogP contribution is 2.26. The summed E-state index contributed by atoms with van der Waals surface area (Å²) < 4.78 is 32.3. The highest BCUT2D eigenvalue weighted by Gasteiger charge is 2.31. The maximum Gasteiger partial charge on any atom is 0.322 e. The molecule has 0 bridgehead atoms. The smallest absolute Gasteiger partial charge is 0.322 e. The highest BCUT2D eigenvalue weighted by molar-refractivity contribution is 7.89. The standard InChI is InChI=1S/C17H22N4O4S/c1-11-8-12(2)10-21(9-11)26(23,24)15-6-4-14(5-7-15)16(22)18-17-20-19-13(3)25-17/h4-7,11-12H,8-10H2,1-3H3,(H,18,20,22)/t11-,12-/m1/s1. The summed E-state index contributed by atoms with van der Waals surface area (Å²) >= 11 is 0. The Bertz CT molecular complexity index is 882. The van der Waals surface area contributed by atoms with Crippen molar-refractivity contribution in [2.45, 2.75) is 32.1 Å². The number of piperidine rings is 1. The number of anilines is 1. The summed E-state index contributed by atoms with van der Waals surface area (Å²) in [5.74, 6) is 0.553. The van der Waals surface area contributed by atoms with E-state index in [1.165, 1.54) is 28.6 Å². The van der Waals surface area contributed by atoms with Gasteiger partial charge in [0.15, 0.2) is 0 Å². The van der Waals surface area contributed by atoms with E-state index < -0.39 is 15.9 Å². The van der Waals surface area contributed by atoms with Gasteiger partial charge in [-0.15, -0.1) is 5.10 Å². The van der Waals surface area contributed by atoms with Crippen LogP contribution >= 0.6 is 0 Å². The van der Waals surface area contributed by atoms with Crippen LogP contribution in [0.3, 0.4) is 0 Å². The zero-order valence-electron chi connectivity index (χ0n) is 15.0. The van der Waals surface area contributed by atoms with E-state index >= 15 is 0 Å². The van der Waals surface area contributed by atoms with Gasteiger partial charge >= 0.3 is 6.01 Å². The predicted octanol–water partition coefficient (Wildman–Crippen LogP) is 2.30. The van der Waals surface area contributed by atoms with Gasteiger partial charge in [-0.25, -0.2) is 8.42 Å². The molecule has 2 heterocycles.